The van der Waals surface area contributed by atoms with E-state index >= 15 is 0 Å². The van der Waals surface area contributed by atoms with Crippen molar-refractivity contribution < 1.29 is 23.7 Å². The van der Waals surface area contributed by atoms with Crippen LogP contribution in [0.15, 0.2) is 40.9 Å². The van der Waals surface area contributed by atoms with Crippen molar-refractivity contribution >= 4 is 21.9 Å². The van der Waals surface area contributed by atoms with Crippen molar-refractivity contribution in [2.45, 2.75) is 18.9 Å². The van der Waals surface area contributed by atoms with Gasteiger partial charge in [-0.15, -0.1) is 0 Å². The first-order valence-corrected chi connectivity index (χ1v) is 8.73. The van der Waals surface area contributed by atoms with Gasteiger partial charge in [-0.05, 0) is 52.7 Å². The van der Waals surface area contributed by atoms with Gasteiger partial charge in [0, 0.05) is 5.56 Å². The van der Waals surface area contributed by atoms with Gasteiger partial charge in [0.25, 0.3) is 0 Å². The number of esters is 1. The van der Waals surface area contributed by atoms with Gasteiger partial charge < -0.3 is 18.9 Å². The summed E-state index contributed by atoms with van der Waals surface area (Å²) in [6.45, 7) is 2.10. The zero-order chi connectivity index (χ0) is 18.0. The summed E-state index contributed by atoms with van der Waals surface area (Å²) in [7, 11) is 3.20. The van der Waals surface area contributed by atoms with Crippen LogP contribution in [0.2, 0.25) is 0 Å². The molecule has 0 saturated heterocycles. The second kappa shape index (κ2) is 7.35. The molecule has 132 valence electrons. The van der Waals surface area contributed by atoms with Crippen molar-refractivity contribution in [1.29, 1.82) is 0 Å². The first kappa shape index (κ1) is 17.6. The van der Waals surface area contributed by atoms with Crippen molar-refractivity contribution in [2.75, 3.05) is 20.8 Å². The fourth-order valence-corrected chi connectivity index (χ4v) is 3.44. The lowest BCUT2D eigenvalue weighted by atomic mass is 9.91. The molecule has 1 aliphatic heterocycles. The van der Waals surface area contributed by atoms with E-state index < -0.39 is 12.0 Å². The lowest BCUT2D eigenvalue weighted by Gasteiger charge is -2.18. The lowest BCUT2D eigenvalue weighted by Crippen LogP contribution is -2.21. The van der Waals surface area contributed by atoms with Crippen molar-refractivity contribution in [2.24, 2.45) is 0 Å². The zero-order valence-electron chi connectivity index (χ0n) is 14.2. The Morgan fingerprint density at radius 1 is 1.16 bits per heavy atom. The summed E-state index contributed by atoms with van der Waals surface area (Å²) in [5.74, 6) is 1.17. The highest BCUT2D eigenvalue weighted by atomic mass is 79.9. The van der Waals surface area contributed by atoms with Crippen LogP contribution in [0.25, 0.3) is 0 Å². The number of benzene rings is 2. The van der Waals surface area contributed by atoms with E-state index in [4.69, 9.17) is 18.9 Å². The molecule has 0 spiro atoms. The van der Waals surface area contributed by atoms with Crippen molar-refractivity contribution in [3.05, 3.63) is 52.0 Å². The van der Waals surface area contributed by atoms with Gasteiger partial charge in [0.15, 0.2) is 0 Å². The molecular weight excluding hydrogens is 388 g/mol. The Labute approximate surface area is 155 Å². The van der Waals surface area contributed by atoms with Crippen LogP contribution in [-0.4, -0.2) is 26.8 Å². The summed E-state index contributed by atoms with van der Waals surface area (Å²) in [5, 5.41) is 0. The van der Waals surface area contributed by atoms with Crippen LogP contribution >= 0.6 is 15.9 Å². The quantitative estimate of drug-likeness (QED) is 0.694. The average molecular weight is 407 g/mol. The molecule has 5 nitrogen and oxygen atoms in total. The maximum Gasteiger partial charge on any atom is 0.317 e. The molecule has 3 rings (SSSR count). The van der Waals surface area contributed by atoms with Crippen LogP contribution in [0.5, 0.6) is 17.2 Å². The van der Waals surface area contributed by atoms with Crippen LogP contribution in [0.1, 0.15) is 30.1 Å². The van der Waals surface area contributed by atoms with Crippen molar-refractivity contribution in [3.8, 4) is 17.2 Å². The number of halogens is 1. The predicted octanol–water partition coefficient (Wildman–Crippen LogP) is 4.25. The molecule has 0 aromatic heterocycles. The maximum atomic E-state index is 12.6. The third-order valence-corrected chi connectivity index (χ3v) is 4.78. The third-order valence-electron chi connectivity index (χ3n) is 4.16. The Hall–Kier alpha value is -2.21. The zero-order valence-corrected chi connectivity index (χ0v) is 15.8. The van der Waals surface area contributed by atoms with Gasteiger partial charge in [-0.2, -0.15) is 0 Å². The fraction of sp³-hybridized carbons (Fsp3) is 0.316. The summed E-state index contributed by atoms with van der Waals surface area (Å²) in [5.41, 5.74) is 1.64. The van der Waals surface area contributed by atoms with Gasteiger partial charge in [-0.1, -0.05) is 12.1 Å². The van der Waals surface area contributed by atoms with Crippen LogP contribution in [0.4, 0.5) is 0 Å². The molecule has 2 aromatic carbocycles. The summed E-state index contributed by atoms with van der Waals surface area (Å²) >= 11 is 3.46. The smallest absolute Gasteiger partial charge is 0.317 e. The molecule has 0 radical (unpaired) electrons. The largest absolute Gasteiger partial charge is 0.497 e. The number of ether oxygens (including phenoxy) is 4. The highest BCUT2D eigenvalue weighted by molar-refractivity contribution is 9.10. The van der Waals surface area contributed by atoms with E-state index in [0.717, 1.165) is 21.3 Å². The van der Waals surface area contributed by atoms with Gasteiger partial charge in [0.05, 0.1) is 25.3 Å². The minimum Gasteiger partial charge on any atom is -0.497 e. The molecule has 0 aliphatic carbocycles. The van der Waals surface area contributed by atoms with E-state index in [-0.39, 0.29) is 5.97 Å². The first-order chi connectivity index (χ1) is 12.1. The van der Waals surface area contributed by atoms with E-state index in [1.807, 2.05) is 36.4 Å². The van der Waals surface area contributed by atoms with Crippen LogP contribution < -0.4 is 14.2 Å². The molecule has 0 fully saturated rings. The fourth-order valence-electron chi connectivity index (χ4n) is 2.96. The van der Waals surface area contributed by atoms with Crippen molar-refractivity contribution in [3.63, 3.8) is 0 Å². The molecule has 0 bridgehead atoms. The van der Waals surface area contributed by atoms with E-state index in [1.165, 1.54) is 0 Å². The second-order valence-corrected chi connectivity index (χ2v) is 6.42. The van der Waals surface area contributed by atoms with E-state index in [9.17, 15) is 4.79 Å². The molecule has 2 atom stereocenters. The Morgan fingerprint density at radius 3 is 2.48 bits per heavy atom. The first-order valence-electron chi connectivity index (χ1n) is 7.93. The Balaban J connectivity index is 2.04. The number of carbonyl (C=O) groups is 1. The average Bonchev–Trinajstić information content (AvgIpc) is 2.99. The molecule has 25 heavy (non-hydrogen) atoms. The SMILES string of the molecule is CCOC(=O)[C@@H]1c2cc(OC)c(Br)cc2O[C@H]1c1ccc(OC)cc1. The van der Waals surface area contributed by atoms with Crippen LogP contribution in [0, 0.1) is 0 Å². The number of fused-ring (bicyclic) bond motifs is 1. The molecule has 1 heterocycles. The number of hydrogen-bond acceptors (Lipinski definition) is 5. The molecule has 2 aromatic rings. The predicted molar refractivity (Wildman–Crippen MR) is 96.4 cm³/mol. The van der Waals surface area contributed by atoms with Gasteiger partial charge in [0.2, 0.25) is 0 Å². The monoisotopic (exact) mass is 406 g/mol. The highest BCUT2D eigenvalue weighted by Gasteiger charge is 2.42. The van der Waals surface area contributed by atoms with Gasteiger partial charge in [-0.3, -0.25) is 4.79 Å². The molecule has 6 heteroatoms. The van der Waals surface area contributed by atoms with E-state index in [2.05, 4.69) is 15.9 Å². The van der Waals surface area contributed by atoms with Crippen LogP contribution in [0.3, 0.4) is 0 Å². The Kier molecular flexibility index (Phi) is 5.18. The molecule has 0 saturated carbocycles. The summed E-state index contributed by atoms with van der Waals surface area (Å²) in [6.07, 6.45) is -0.459. The summed E-state index contributed by atoms with van der Waals surface area (Å²) in [4.78, 5) is 12.6. The molecule has 0 unspecified atom stereocenters. The summed E-state index contributed by atoms with van der Waals surface area (Å²) < 4.78 is 22.7. The van der Waals surface area contributed by atoms with Gasteiger partial charge >= 0.3 is 5.97 Å². The van der Waals surface area contributed by atoms with Crippen molar-refractivity contribution in [1.82, 2.24) is 0 Å². The Bertz CT molecular complexity index is 772. The topological polar surface area (TPSA) is 54.0 Å². The van der Waals surface area contributed by atoms with E-state index in [0.29, 0.717) is 18.1 Å². The number of methoxy groups -OCH3 is 2. The minimum absolute atomic E-state index is 0.313. The minimum atomic E-state index is -0.551. The normalized spacial score (nSPS) is 18.2. The number of carbonyl (C=O) groups excluding carboxylic acids is 1. The second-order valence-electron chi connectivity index (χ2n) is 5.57. The van der Waals surface area contributed by atoms with Gasteiger partial charge in [0.1, 0.15) is 29.3 Å². The number of hydrogen-bond donors (Lipinski definition) is 0. The van der Waals surface area contributed by atoms with Gasteiger partial charge in [-0.25, -0.2) is 0 Å². The molecule has 0 amide bonds. The van der Waals surface area contributed by atoms with Crippen LogP contribution in [-0.2, 0) is 9.53 Å². The molecular formula is C19H19BrO5. The summed E-state index contributed by atoms with van der Waals surface area (Å²) in [6, 6.07) is 11.1. The van der Waals surface area contributed by atoms with E-state index in [1.54, 1.807) is 21.1 Å². The molecule has 0 N–H and O–H groups in total. The molecule has 1 aliphatic rings. The number of rotatable bonds is 5. The maximum absolute atomic E-state index is 12.6. The Morgan fingerprint density at radius 2 is 1.88 bits per heavy atom. The third kappa shape index (κ3) is 3.31. The lowest BCUT2D eigenvalue weighted by molar-refractivity contribution is -0.146. The highest BCUT2D eigenvalue weighted by Crippen LogP contribution is 2.49. The standard InChI is InChI=1S/C19H19BrO5/c1-4-24-19(21)17-13-9-16(23-3)14(20)10-15(13)25-18(17)11-5-7-12(22-2)8-6-11/h5-10,17-18H,4H2,1-3H3/t17-,18+/m1/s1.